The van der Waals surface area contributed by atoms with Gasteiger partial charge in [0.05, 0.1) is 36.3 Å². The maximum Gasteiger partial charge on any atom is 0.348 e. The van der Waals surface area contributed by atoms with Crippen LogP contribution in [-0.2, 0) is 22.6 Å². The number of nitrogens with one attached hydrogen (secondary N) is 1. The molecule has 0 aliphatic rings. The van der Waals surface area contributed by atoms with E-state index < -0.39 is 5.97 Å². The molecular weight excluding hydrogens is 414 g/mol. The molecular formula is C19H19N3O5S2. The number of Topliss-reactive ketones (excluding diaryl/α,β-unsaturated/α-hetero) is 1. The molecule has 8 nitrogen and oxygen atoms in total. The first-order chi connectivity index (χ1) is 13.8. The minimum atomic E-state index is -0.486. The van der Waals surface area contributed by atoms with Crippen molar-refractivity contribution < 1.29 is 19.1 Å². The van der Waals surface area contributed by atoms with Crippen LogP contribution in [0.5, 0.6) is 0 Å². The van der Waals surface area contributed by atoms with Crippen LogP contribution < -0.4 is 10.9 Å². The van der Waals surface area contributed by atoms with Crippen molar-refractivity contribution in [1.82, 2.24) is 14.9 Å². The molecule has 0 radical (unpaired) electrons. The number of aryl methyl sites for hydroxylation is 1. The molecule has 0 aliphatic carbocycles. The number of hydrogen-bond acceptors (Lipinski definition) is 8. The Bertz CT molecular complexity index is 1160. The number of ether oxygens (including phenoxy) is 1. The second-order valence-corrected chi connectivity index (χ2v) is 8.40. The van der Waals surface area contributed by atoms with Gasteiger partial charge in [0, 0.05) is 11.8 Å². The number of fused-ring (bicyclic) bond motifs is 1. The van der Waals surface area contributed by atoms with Crippen molar-refractivity contribution in [2.45, 2.75) is 33.9 Å². The number of carbonyl (C=O) groups excluding carboxylic acids is 3. The number of ketones is 1. The van der Waals surface area contributed by atoms with E-state index in [1.807, 2.05) is 0 Å². The van der Waals surface area contributed by atoms with Crippen LogP contribution in [0.2, 0.25) is 0 Å². The molecule has 1 N–H and O–H groups in total. The van der Waals surface area contributed by atoms with Gasteiger partial charge < -0.3 is 10.1 Å². The molecule has 0 bridgehead atoms. The van der Waals surface area contributed by atoms with Gasteiger partial charge >= 0.3 is 5.97 Å². The van der Waals surface area contributed by atoms with E-state index in [0.29, 0.717) is 32.1 Å². The Balaban J connectivity index is 1.85. The molecule has 0 saturated carbocycles. The van der Waals surface area contributed by atoms with Gasteiger partial charge in [-0.15, -0.1) is 22.7 Å². The topological polar surface area (TPSA) is 107 Å². The normalized spacial score (nSPS) is 10.9. The van der Waals surface area contributed by atoms with E-state index in [9.17, 15) is 19.2 Å². The smallest absolute Gasteiger partial charge is 0.348 e. The SMILES string of the molecule is CCOC(=O)c1sc2ncn(CC(=O)c3ccc(CNC(C)=O)s3)c(=O)c2c1C. The van der Waals surface area contributed by atoms with Crippen molar-refractivity contribution in [3.63, 3.8) is 0 Å². The summed E-state index contributed by atoms with van der Waals surface area (Å²) in [6.45, 7) is 5.24. The molecule has 3 aromatic rings. The average molecular weight is 434 g/mol. The van der Waals surface area contributed by atoms with Crippen LogP contribution in [0.3, 0.4) is 0 Å². The first-order valence-electron chi connectivity index (χ1n) is 8.83. The molecule has 3 rings (SSSR count). The fraction of sp³-hybridized carbons (Fsp3) is 0.316. The number of carbonyl (C=O) groups is 3. The minimum absolute atomic E-state index is 0.148. The van der Waals surface area contributed by atoms with Crippen LogP contribution in [-0.4, -0.2) is 33.8 Å². The number of nitrogens with zero attached hydrogens (tertiary/aromatic N) is 2. The summed E-state index contributed by atoms with van der Waals surface area (Å²) in [6.07, 6.45) is 1.32. The van der Waals surface area contributed by atoms with Gasteiger partial charge in [0.2, 0.25) is 5.91 Å². The lowest BCUT2D eigenvalue weighted by Crippen LogP contribution is -2.24. The summed E-state index contributed by atoms with van der Waals surface area (Å²) in [5, 5.41) is 3.00. The predicted molar refractivity (Wildman–Crippen MR) is 111 cm³/mol. The third kappa shape index (κ3) is 4.43. The summed E-state index contributed by atoms with van der Waals surface area (Å²) in [6, 6.07) is 3.45. The molecule has 0 spiro atoms. The third-order valence-corrected chi connectivity index (χ3v) is 6.45. The zero-order valence-corrected chi connectivity index (χ0v) is 17.7. The summed E-state index contributed by atoms with van der Waals surface area (Å²) in [7, 11) is 0. The summed E-state index contributed by atoms with van der Waals surface area (Å²) in [4.78, 5) is 54.9. The lowest BCUT2D eigenvalue weighted by molar-refractivity contribution is -0.119. The Hall–Kier alpha value is -2.85. The molecule has 29 heavy (non-hydrogen) atoms. The fourth-order valence-electron chi connectivity index (χ4n) is 2.73. The minimum Gasteiger partial charge on any atom is -0.462 e. The van der Waals surface area contributed by atoms with Crippen molar-refractivity contribution in [2.24, 2.45) is 0 Å². The first kappa shape index (κ1) is 20.9. The van der Waals surface area contributed by atoms with Gasteiger partial charge in [-0.05, 0) is 31.5 Å². The van der Waals surface area contributed by atoms with Crippen molar-refractivity contribution >= 4 is 50.5 Å². The van der Waals surface area contributed by atoms with E-state index in [0.717, 1.165) is 16.2 Å². The number of thiophene rings is 2. The van der Waals surface area contributed by atoms with Crippen LogP contribution >= 0.6 is 22.7 Å². The molecule has 0 aromatic carbocycles. The molecule has 0 aliphatic heterocycles. The van der Waals surface area contributed by atoms with Crippen LogP contribution in [0.15, 0.2) is 23.3 Å². The van der Waals surface area contributed by atoms with Crippen molar-refractivity contribution in [3.05, 3.63) is 49.0 Å². The lowest BCUT2D eigenvalue weighted by atomic mass is 10.2. The molecule has 0 unspecified atom stereocenters. The summed E-state index contributed by atoms with van der Waals surface area (Å²) in [5.74, 6) is -0.864. The Labute approximate surface area is 174 Å². The standard InChI is InChI=1S/C19H19N3O5S2/c1-4-27-19(26)16-10(2)15-17(29-16)21-9-22(18(15)25)8-13(24)14-6-5-12(28-14)7-20-11(3)23/h5-6,9H,4,7-8H2,1-3H3,(H,20,23). The van der Waals surface area contributed by atoms with Crippen molar-refractivity contribution in [1.29, 1.82) is 0 Å². The van der Waals surface area contributed by atoms with E-state index in [1.165, 1.54) is 29.2 Å². The van der Waals surface area contributed by atoms with Crippen LogP contribution in [0.4, 0.5) is 0 Å². The highest BCUT2D eigenvalue weighted by atomic mass is 32.1. The number of aromatic nitrogens is 2. The maximum atomic E-state index is 12.9. The Morgan fingerprint density at radius 1 is 1.24 bits per heavy atom. The highest BCUT2D eigenvalue weighted by Crippen LogP contribution is 2.27. The number of rotatable bonds is 7. The van der Waals surface area contributed by atoms with Crippen molar-refractivity contribution in [3.8, 4) is 0 Å². The molecule has 1 amide bonds. The van der Waals surface area contributed by atoms with Gasteiger partial charge in [0.25, 0.3) is 5.56 Å². The van der Waals surface area contributed by atoms with Gasteiger partial charge in [0.1, 0.15) is 9.71 Å². The zero-order chi connectivity index (χ0) is 21.1. The molecule has 10 heteroatoms. The Kier molecular flexibility index (Phi) is 6.23. The quantitative estimate of drug-likeness (QED) is 0.453. The van der Waals surface area contributed by atoms with Gasteiger partial charge in [-0.3, -0.25) is 19.0 Å². The molecule has 0 fully saturated rings. The van der Waals surface area contributed by atoms with E-state index in [1.54, 1.807) is 26.0 Å². The van der Waals surface area contributed by atoms with Crippen LogP contribution in [0, 0.1) is 6.92 Å². The van der Waals surface area contributed by atoms with Crippen LogP contribution in [0.25, 0.3) is 10.2 Å². The fourth-order valence-corrected chi connectivity index (χ4v) is 4.64. The largest absolute Gasteiger partial charge is 0.462 e. The second kappa shape index (κ2) is 8.66. The Morgan fingerprint density at radius 2 is 2.00 bits per heavy atom. The summed E-state index contributed by atoms with van der Waals surface area (Å²) >= 11 is 2.37. The van der Waals surface area contributed by atoms with Gasteiger partial charge in [0.15, 0.2) is 5.78 Å². The maximum absolute atomic E-state index is 12.9. The third-order valence-electron chi connectivity index (χ3n) is 4.14. The van der Waals surface area contributed by atoms with Gasteiger partial charge in [-0.2, -0.15) is 0 Å². The highest BCUT2D eigenvalue weighted by Gasteiger charge is 2.21. The number of amides is 1. The van der Waals surface area contributed by atoms with Gasteiger partial charge in [-0.1, -0.05) is 0 Å². The molecule has 152 valence electrons. The van der Waals surface area contributed by atoms with E-state index in [4.69, 9.17) is 4.74 Å². The molecule has 3 heterocycles. The zero-order valence-electron chi connectivity index (χ0n) is 16.1. The monoisotopic (exact) mass is 433 g/mol. The summed E-state index contributed by atoms with van der Waals surface area (Å²) < 4.78 is 6.27. The lowest BCUT2D eigenvalue weighted by Gasteiger charge is -2.04. The van der Waals surface area contributed by atoms with E-state index >= 15 is 0 Å². The van der Waals surface area contributed by atoms with Crippen LogP contribution in [0.1, 0.15) is 43.6 Å². The number of esters is 1. The van der Waals surface area contributed by atoms with E-state index in [-0.39, 0.29) is 30.4 Å². The predicted octanol–water partition coefficient (Wildman–Crippen LogP) is 2.52. The van der Waals surface area contributed by atoms with E-state index in [2.05, 4.69) is 10.3 Å². The van der Waals surface area contributed by atoms with Crippen molar-refractivity contribution in [2.75, 3.05) is 6.61 Å². The average Bonchev–Trinajstić information content (AvgIpc) is 3.27. The Morgan fingerprint density at radius 3 is 2.69 bits per heavy atom. The first-order valence-corrected chi connectivity index (χ1v) is 10.5. The number of hydrogen-bond donors (Lipinski definition) is 1. The summed E-state index contributed by atoms with van der Waals surface area (Å²) in [5.41, 5.74) is 0.138. The molecule has 0 atom stereocenters. The second-order valence-electron chi connectivity index (χ2n) is 6.23. The highest BCUT2D eigenvalue weighted by molar-refractivity contribution is 7.20. The molecule has 0 saturated heterocycles. The molecule has 3 aromatic heterocycles. The van der Waals surface area contributed by atoms with Gasteiger partial charge in [-0.25, -0.2) is 9.78 Å².